The zero-order valence-corrected chi connectivity index (χ0v) is 53.1. The van der Waals surface area contributed by atoms with Crippen LogP contribution in [0.1, 0.15) is 160 Å². The molecule has 6 aromatic rings. The summed E-state index contributed by atoms with van der Waals surface area (Å²) in [6.45, 7) is 6.89. The highest BCUT2D eigenvalue weighted by molar-refractivity contribution is 7.89. The molecule has 0 aliphatic rings. The highest BCUT2D eigenvalue weighted by Crippen LogP contribution is 2.43. The molecule has 0 atom stereocenters. The minimum absolute atomic E-state index is 0.0399. The van der Waals surface area contributed by atoms with E-state index in [2.05, 4.69) is 6.92 Å². The number of carboxylic acid groups (broad SMARTS) is 3. The number of rotatable bonds is 41. The van der Waals surface area contributed by atoms with Crippen LogP contribution in [0.3, 0.4) is 0 Å². The van der Waals surface area contributed by atoms with Crippen LogP contribution in [0.5, 0.6) is 34.5 Å². The molecule has 0 aliphatic carbocycles. The lowest BCUT2D eigenvalue weighted by Crippen LogP contribution is -2.28. The minimum Gasteiger partial charge on any atom is -0.478 e. The van der Waals surface area contributed by atoms with Crippen molar-refractivity contribution in [1.29, 1.82) is 0 Å². The van der Waals surface area contributed by atoms with Crippen molar-refractivity contribution in [3.8, 4) is 34.5 Å². The number of aromatic carboxylic acids is 3. The third kappa shape index (κ3) is 21.8. The summed E-state index contributed by atoms with van der Waals surface area (Å²) in [7, 11) is -13.4. The second-order valence-electron chi connectivity index (χ2n) is 21.9. The number of primary sulfonamides is 3. The van der Waals surface area contributed by atoms with Gasteiger partial charge in [0.1, 0.15) is 31.9 Å². The average molecular weight is 1290 g/mol. The first-order chi connectivity index (χ1) is 42.5. The van der Waals surface area contributed by atoms with Crippen LogP contribution >= 0.6 is 0 Å². The molecule has 0 saturated carbocycles. The van der Waals surface area contributed by atoms with Crippen molar-refractivity contribution in [3.05, 3.63) is 144 Å². The molecule has 21 nitrogen and oxygen atoms in total. The molecule has 0 aromatic heterocycles. The zero-order chi connectivity index (χ0) is 64.6. The van der Waals surface area contributed by atoms with Gasteiger partial charge in [-0.25, -0.2) is 55.1 Å². The molecule has 6 aromatic carbocycles. The van der Waals surface area contributed by atoms with Gasteiger partial charge in [-0.2, -0.15) is 0 Å². The fourth-order valence-electron chi connectivity index (χ4n) is 10.4. The summed E-state index contributed by atoms with van der Waals surface area (Å²) >= 11 is 0. The van der Waals surface area contributed by atoms with Gasteiger partial charge in [-0.15, -0.1) is 0 Å². The van der Waals surface area contributed by atoms with E-state index in [0.29, 0.717) is 93.6 Å². The lowest BCUT2D eigenvalue weighted by molar-refractivity contribution is 0.0685. The third-order valence-corrected chi connectivity index (χ3v) is 17.7. The number of carboxylic acids is 3. The number of carbonyl (C=O) groups is 3. The number of nitrogens with two attached hydrogens (primary N) is 3. The maximum absolute atomic E-state index is 13.3. The van der Waals surface area contributed by atoms with Crippen molar-refractivity contribution in [2.24, 2.45) is 15.4 Å². The highest BCUT2D eigenvalue weighted by Gasteiger charge is 2.30. The van der Waals surface area contributed by atoms with Gasteiger partial charge < -0.3 is 44.2 Å². The van der Waals surface area contributed by atoms with Crippen LogP contribution < -0.4 is 44.3 Å². The minimum atomic E-state index is -4.51. The predicted molar refractivity (Wildman–Crippen MR) is 345 cm³/mol. The Labute approximate surface area is 523 Å². The number of hydrogen-bond acceptors (Lipinski definition) is 15. The summed E-state index contributed by atoms with van der Waals surface area (Å²) in [5, 5.41) is 47.5. The SMILES string of the molecule is CCCCCN(CCCCCCCCCN(CCCCCCCCN(CCCC)c1cc(C(=O)O)cc(S(N)(=O)=O)c1Oc1ccccc1)c1cc(C(=O)O)cc(S(N)(=O)=O)c1Oc1ccccc1)c1cc(C(=O)O)cc(S(N)(=O)=O)c1Oc1ccccc1. The van der Waals surface area contributed by atoms with E-state index in [1.807, 2.05) is 21.6 Å². The standard InChI is InChI=1S/C65H84N6O15S3/c1-3-5-25-37-70(55-43-49(64(74)75)46-58(88(67,80)81)61(55)85-52-32-21-17-22-33-52)39-27-12-8-7-9-13-28-40-71(56-44-50(65(76)77)47-59(89(68,82)83)62(56)86-53-34-23-18-24-35-53)41-29-15-11-10-14-26-38-69(36-6-4-2)54-42-48(63(72)73)45-57(87(66,78)79)60(54)84-51-30-19-16-20-31-51/h16-24,30-35,42-47H,3-15,25-29,36-41H2,1-2H3,(H,72,73)(H,74,75)(H,76,77)(H2,66,78,79)(H2,67,80,81)(H2,68,82,83). The summed E-state index contributed by atoms with van der Waals surface area (Å²) in [5.74, 6) is -3.13. The molecule has 24 heteroatoms. The summed E-state index contributed by atoms with van der Waals surface area (Å²) in [5.41, 5.74) is 0.125. The van der Waals surface area contributed by atoms with Crippen LogP contribution in [0, 0.1) is 0 Å². The summed E-state index contributed by atoms with van der Waals surface area (Å²) < 4.78 is 97.1. The van der Waals surface area contributed by atoms with Gasteiger partial charge in [-0.1, -0.05) is 145 Å². The Balaban J connectivity index is 1.13. The number of hydrogen-bond donors (Lipinski definition) is 6. The van der Waals surface area contributed by atoms with E-state index in [1.54, 1.807) is 91.0 Å². The van der Waals surface area contributed by atoms with Gasteiger partial charge in [0.25, 0.3) is 0 Å². The molecule has 0 unspecified atom stereocenters. The van der Waals surface area contributed by atoms with Gasteiger partial charge in [0, 0.05) is 39.3 Å². The molecule has 482 valence electrons. The van der Waals surface area contributed by atoms with Gasteiger partial charge in [-0.05, 0) is 111 Å². The number of sulfonamides is 3. The molecule has 0 spiro atoms. The average Bonchev–Trinajstić information content (AvgIpc) is 0.883. The molecular formula is C65H84N6O15S3. The molecule has 0 aliphatic heterocycles. The van der Waals surface area contributed by atoms with E-state index in [9.17, 15) is 55.0 Å². The van der Waals surface area contributed by atoms with E-state index >= 15 is 0 Å². The zero-order valence-electron chi connectivity index (χ0n) is 50.6. The summed E-state index contributed by atoms with van der Waals surface area (Å²) in [6, 6.07) is 33.1. The Morgan fingerprint density at radius 2 is 0.573 bits per heavy atom. The first-order valence-electron chi connectivity index (χ1n) is 30.3. The molecule has 6 rings (SSSR count). The number of nitrogens with zero attached hydrogens (tertiary/aromatic N) is 3. The number of benzene rings is 6. The predicted octanol–water partition coefficient (Wildman–Crippen LogP) is 13.0. The van der Waals surface area contributed by atoms with Crippen molar-refractivity contribution < 1.29 is 69.2 Å². The maximum atomic E-state index is 13.3. The topological polar surface area (TPSA) is 330 Å². The largest absolute Gasteiger partial charge is 0.478 e. The van der Waals surface area contributed by atoms with Crippen molar-refractivity contribution in [2.75, 3.05) is 54.0 Å². The Morgan fingerprint density at radius 1 is 0.348 bits per heavy atom. The van der Waals surface area contributed by atoms with Crippen molar-refractivity contribution in [2.45, 2.75) is 144 Å². The Hall–Kier alpha value is -7.74. The van der Waals surface area contributed by atoms with Gasteiger partial charge in [-0.3, -0.25) is 0 Å². The fourth-order valence-corrected chi connectivity index (χ4v) is 12.4. The van der Waals surface area contributed by atoms with E-state index < -0.39 is 62.7 Å². The molecule has 0 heterocycles. The van der Waals surface area contributed by atoms with Crippen LogP contribution in [0.15, 0.2) is 142 Å². The van der Waals surface area contributed by atoms with Gasteiger partial charge in [0.05, 0.1) is 33.8 Å². The second-order valence-corrected chi connectivity index (χ2v) is 26.5. The quantitative estimate of drug-likeness (QED) is 0.0194. The lowest BCUT2D eigenvalue weighted by Gasteiger charge is -2.29. The molecule has 0 amide bonds. The molecule has 0 fully saturated rings. The van der Waals surface area contributed by atoms with Crippen molar-refractivity contribution in [3.63, 3.8) is 0 Å². The third-order valence-electron chi connectivity index (χ3n) is 15.0. The number of unbranched alkanes of at least 4 members (excludes halogenated alkanes) is 14. The van der Waals surface area contributed by atoms with Crippen LogP contribution in [0.25, 0.3) is 0 Å². The van der Waals surface area contributed by atoms with E-state index in [0.717, 1.165) is 108 Å². The molecule has 0 bridgehead atoms. The molecular weight excluding hydrogens is 1200 g/mol. The summed E-state index contributed by atoms with van der Waals surface area (Å²) in [6.07, 6.45) is 14.2. The van der Waals surface area contributed by atoms with Gasteiger partial charge >= 0.3 is 17.9 Å². The van der Waals surface area contributed by atoms with Crippen LogP contribution in [-0.2, 0) is 30.1 Å². The molecule has 89 heavy (non-hydrogen) atoms. The second kappa shape index (κ2) is 34.3. The number of anilines is 3. The van der Waals surface area contributed by atoms with E-state index in [-0.39, 0.29) is 39.6 Å². The Kier molecular flexibility index (Phi) is 27.1. The first kappa shape index (κ1) is 70.3. The number of para-hydroxylation sites is 3. The van der Waals surface area contributed by atoms with Crippen molar-refractivity contribution >= 4 is 65.0 Å². The highest BCUT2D eigenvalue weighted by atomic mass is 32.2. The smallest absolute Gasteiger partial charge is 0.335 e. The van der Waals surface area contributed by atoms with Crippen LogP contribution in [0.4, 0.5) is 17.1 Å². The van der Waals surface area contributed by atoms with Crippen molar-refractivity contribution in [1.82, 2.24) is 0 Å². The first-order valence-corrected chi connectivity index (χ1v) is 34.9. The maximum Gasteiger partial charge on any atom is 0.335 e. The molecule has 0 radical (unpaired) electrons. The van der Waals surface area contributed by atoms with Crippen LogP contribution in [0.2, 0.25) is 0 Å². The normalized spacial score (nSPS) is 11.7. The fraction of sp³-hybridized carbons (Fsp3) is 0.400. The Morgan fingerprint density at radius 3 is 0.798 bits per heavy atom. The monoisotopic (exact) mass is 1280 g/mol. The van der Waals surface area contributed by atoms with Gasteiger partial charge in [0.2, 0.25) is 30.1 Å². The van der Waals surface area contributed by atoms with Crippen LogP contribution in [-0.4, -0.2) is 97.7 Å². The van der Waals surface area contributed by atoms with E-state index in [4.69, 9.17) is 29.6 Å². The van der Waals surface area contributed by atoms with E-state index in [1.165, 1.54) is 18.2 Å². The Bertz CT molecular complexity index is 3640. The molecule has 9 N–H and O–H groups in total. The lowest BCUT2D eigenvalue weighted by atomic mass is 10.1. The molecule has 0 saturated heterocycles. The number of ether oxygens (including phenoxy) is 3. The van der Waals surface area contributed by atoms with Gasteiger partial charge in [0.15, 0.2) is 17.2 Å². The summed E-state index contributed by atoms with van der Waals surface area (Å²) in [4.78, 5) is 41.8.